The molecule has 1 heterocycles. The summed E-state index contributed by atoms with van der Waals surface area (Å²) in [6, 6.07) is 11.6. The first-order chi connectivity index (χ1) is 15.8. The van der Waals surface area contributed by atoms with E-state index in [1.807, 2.05) is 0 Å². The third-order valence-electron chi connectivity index (χ3n) is 4.38. The van der Waals surface area contributed by atoms with Gasteiger partial charge in [-0.1, -0.05) is 0 Å². The van der Waals surface area contributed by atoms with Crippen LogP contribution in [0.1, 0.15) is 10.4 Å². The van der Waals surface area contributed by atoms with Gasteiger partial charge in [-0.3, -0.25) is 9.52 Å². The smallest absolute Gasteiger partial charge is 0.321 e. The molecule has 0 aliphatic carbocycles. The van der Waals surface area contributed by atoms with Crippen molar-refractivity contribution in [2.24, 2.45) is 0 Å². The summed E-state index contributed by atoms with van der Waals surface area (Å²) in [6.45, 7) is 0. The molecule has 0 saturated carbocycles. The number of ether oxygens (including phenoxy) is 4. The van der Waals surface area contributed by atoms with Crippen LogP contribution in [0.15, 0.2) is 53.4 Å². The van der Waals surface area contributed by atoms with Crippen molar-refractivity contribution in [2.45, 2.75) is 4.90 Å². The Morgan fingerprint density at radius 3 is 2.12 bits per heavy atom. The van der Waals surface area contributed by atoms with E-state index in [0.717, 1.165) is 0 Å². The third-order valence-corrected chi connectivity index (χ3v) is 5.75. The molecule has 11 nitrogen and oxygen atoms in total. The number of nitrogens with one attached hydrogen (secondary N) is 2. The number of nitrogens with zero attached hydrogens (tertiary/aromatic N) is 2. The second kappa shape index (κ2) is 10.0. The van der Waals surface area contributed by atoms with E-state index in [4.69, 9.17) is 18.9 Å². The minimum Gasteiger partial charge on any atom is -0.493 e. The lowest BCUT2D eigenvalue weighted by Crippen LogP contribution is -2.15. The molecule has 0 atom stereocenters. The standard InChI is InChI=1S/C21H22N4O7S/c1-29-16-10-5-13(11-17(16)30-2)20(26)22-14-6-8-15(9-7-14)33(27,28)25-18-12-19(31-3)24-21(23-18)32-4/h5-12H,1-4H3,(H,22,26)(H,23,24,25). The number of anilines is 2. The van der Waals surface area contributed by atoms with E-state index in [1.54, 1.807) is 18.2 Å². The number of carbonyl (C=O) groups is 1. The second-order valence-electron chi connectivity index (χ2n) is 6.44. The molecule has 3 aromatic rings. The quantitative estimate of drug-likeness (QED) is 0.479. The molecule has 3 rings (SSSR count). The number of hydrogen-bond acceptors (Lipinski definition) is 9. The normalized spacial score (nSPS) is 10.8. The Morgan fingerprint density at radius 2 is 1.52 bits per heavy atom. The number of aromatic nitrogens is 2. The molecular weight excluding hydrogens is 452 g/mol. The summed E-state index contributed by atoms with van der Waals surface area (Å²) < 4.78 is 48.1. The molecule has 0 bridgehead atoms. The third kappa shape index (κ3) is 5.60. The second-order valence-corrected chi connectivity index (χ2v) is 8.12. The van der Waals surface area contributed by atoms with Crippen molar-refractivity contribution in [3.63, 3.8) is 0 Å². The Hall–Kier alpha value is -4.06. The van der Waals surface area contributed by atoms with E-state index in [9.17, 15) is 13.2 Å². The molecule has 2 aromatic carbocycles. The van der Waals surface area contributed by atoms with Crippen LogP contribution in [0.2, 0.25) is 0 Å². The first kappa shape index (κ1) is 23.6. The van der Waals surface area contributed by atoms with Crippen LogP contribution < -0.4 is 29.0 Å². The van der Waals surface area contributed by atoms with Crippen molar-refractivity contribution in [3.8, 4) is 23.4 Å². The van der Waals surface area contributed by atoms with Gasteiger partial charge in [0, 0.05) is 17.3 Å². The molecule has 0 unspecified atom stereocenters. The lowest BCUT2D eigenvalue weighted by Gasteiger charge is -2.11. The molecule has 33 heavy (non-hydrogen) atoms. The van der Waals surface area contributed by atoms with Crippen molar-refractivity contribution in [3.05, 3.63) is 54.1 Å². The van der Waals surface area contributed by atoms with Gasteiger partial charge in [0.15, 0.2) is 17.3 Å². The Kier molecular flexibility index (Phi) is 7.18. The zero-order chi connectivity index (χ0) is 24.0. The average Bonchev–Trinajstić information content (AvgIpc) is 2.83. The van der Waals surface area contributed by atoms with Crippen LogP contribution in [-0.4, -0.2) is 52.7 Å². The number of methoxy groups -OCH3 is 4. The van der Waals surface area contributed by atoms with Gasteiger partial charge in [0.1, 0.15) is 0 Å². The van der Waals surface area contributed by atoms with E-state index in [2.05, 4.69) is 20.0 Å². The SMILES string of the molecule is COc1cc(NS(=O)(=O)c2ccc(NC(=O)c3ccc(OC)c(OC)c3)cc2)nc(OC)n1. The van der Waals surface area contributed by atoms with Crippen LogP contribution in [0, 0.1) is 0 Å². The van der Waals surface area contributed by atoms with E-state index in [1.165, 1.54) is 58.8 Å². The summed E-state index contributed by atoms with van der Waals surface area (Å²) in [7, 11) is 1.73. The van der Waals surface area contributed by atoms with E-state index >= 15 is 0 Å². The summed E-state index contributed by atoms with van der Waals surface area (Å²) in [4.78, 5) is 20.4. The number of sulfonamides is 1. The lowest BCUT2D eigenvalue weighted by atomic mass is 10.2. The average molecular weight is 474 g/mol. The zero-order valence-electron chi connectivity index (χ0n) is 18.3. The molecule has 0 radical (unpaired) electrons. The molecule has 1 aromatic heterocycles. The first-order valence-corrected chi connectivity index (χ1v) is 10.9. The van der Waals surface area contributed by atoms with Gasteiger partial charge >= 0.3 is 6.01 Å². The largest absolute Gasteiger partial charge is 0.493 e. The highest BCUT2D eigenvalue weighted by atomic mass is 32.2. The van der Waals surface area contributed by atoms with E-state index in [0.29, 0.717) is 22.7 Å². The van der Waals surface area contributed by atoms with Crippen LogP contribution >= 0.6 is 0 Å². The van der Waals surface area contributed by atoms with Gasteiger partial charge in [-0.15, -0.1) is 0 Å². The number of amides is 1. The minimum absolute atomic E-state index is 0.0236. The van der Waals surface area contributed by atoms with Gasteiger partial charge in [0.2, 0.25) is 5.88 Å². The molecule has 0 aliphatic rings. The molecule has 0 saturated heterocycles. The lowest BCUT2D eigenvalue weighted by molar-refractivity contribution is 0.102. The van der Waals surface area contributed by atoms with E-state index in [-0.39, 0.29) is 22.6 Å². The highest BCUT2D eigenvalue weighted by molar-refractivity contribution is 7.92. The van der Waals surface area contributed by atoms with Crippen LogP contribution in [0.5, 0.6) is 23.4 Å². The van der Waals surface area contributed by atoms with Gasteiger partial charge in [0.25, 0.3) is 15.9 Å². The predicted molar refractivity (Wildman–Crippen MR) is 120 cm³/mol. The Labute approximate surface area is 190 Å². The monoisotopic (exact) mass is 474 g/mol. The molecular formula is C21H22N4O7S. The summed E-state index contributed by atoms with van der Waals surface area (Å²) in [5, 5.41) is 2.70. The van der Waals surface area contributed by atoms with Crippen LogP contribution in [-0.2, 0) is 10.0 Å². The molecule has 174 valence electrons. The fourth-order valence-electron chi connectivity index (χ4n) is 2.75. The van der Waals surface area contributed by atoms with Crippen LogP contribution in [0.3, 0.4) is 0 Å². The van der Waals surface area contributed by atoms with Crippen molar-refractivity contribution in [1.82, 2.24) is 9.97 Å². The molecule has 0 fully saturated rings. The van der Waals surface area contributed by atoms with Gasteiger partial charge in [-0.2, -0.15) is 9.97 Å². The van der Waals surface area contributed by atoms with Crippen LogP contribution in [0.25, 0.3) is 0 Å². The zero-order valence-corrected chi connectivity index (χ0v) is 19.1. The summed E-state index contributed by atoms with van der Waals surface area (Å²) in [5.41, 5.74) is 0.747. The maximum Gasteiger partial charge on any atom is 0.321 e. The fraction of sp³-hybridized carbons (Fsp3) is 0.190. The molecule has 0 spiro atoms. The predicted octanol–water partition coefficient (Wildman–Crippen LogP) is 2.56. The molecule has 1 amide bonds. The number of carbonyl (C=O) groups excluding carboxylic acids is 1. The van der Waals surface area contributed by atoms with Crippen molar-refractivity contribution >= 4 is 27.4 Å². The molecule has 12 heteroatoms. The fourth-order valence-corrected chi connectivity index (χ4v) is 3.74. The van der Waals surface area contributed by atoms with Gasteiger partial charge in [0.05, 0.1) is 33.3 Å². The Morgan fingerprint density at radius 1 is 0.818 bits per heavy atom. The Bertz CT molecular complexity index is 1230. The van der Waals surface area contributed by atoms with Crippen molar-refractivity contribution in [1.29, 1.82) is 0 Å². The number of benzene rings is 2. The summed E-state index contributed by atoms with van der Waals surface area (Å²) in [6.07, 6.45) is 0. The number of rotatable bonds is 9. The maximum absolute atomic E-state index is 12.7. The molecule has 0 aliphatic heterocycles. The minimum atomic E-state index is -3.97. The summed E-state index contributed by atoms with van der Waals surface area (Å²) in [5.74, 6) is 0.618. The topological polar surface area (TPSA) is 138 Å². The van der Waals surface area contributed by atoms with Gasteiger partial charge < -0.3 is 24.3 Å². The Balaban J connectivity index is 1.75. The van der Waals surface area contributed by atoms with Gasteiger partial charge in [-0.25, -0.2) is 8.42 Å². The summed E-state index contributed by atoms with van der Waals surface area (Å²) >= 11 is 0. The van der Waals surface area contributed by atoms with Crippen molar-refractivity contribution < 1.29 is 32.2 Å². The highest BCUT2D eigenvalue weighted by Gasteiger charge is 2.17. The van der Waals surface area contributed by atoms with Gasteiger partial charge in [-0.05, 0) is 42.5 Å². The van der Waals surface area contributed by atoms with E-state index < -0.39 is 15.9 Å². The number of hydrogen-bond donors (Lipinski definition) is 2. The van der Waals surface area contributed by atoms with Crippen molar-refractivity contribution in [2.75, 3.05) is 38.5 Å². The van der Waals surface area contributed by atoms with Crippen LogP contribution in [0.4, 0.5) is 11.5 Å². The molecule has 2 N–H and O–H groups in total. The maximum atomic E-state index is 12.7. The first-order valence-electron chi connectivity index (χ1n) is 9.43. The highest BCUT2D eigenvalue weighted by Crippen LogP contribution is 2.28.